The van der Waals surface area contributed by atoms with E-state index in [9.17, 15) is 4.79 Å². The highest BCUT2D eigenvalue weighted by atomic mass is 16.4. The summed E-state index contributed by atoms with van der Waals surface area (Å²) in [7, 11) is 0. The standard InChI is InChI=1S/C10H12N2O2/c1-2-8-7(3-4-10(13)14)6-12-9(8)5-11/h6,12H,2-4H2,1H3,(H,13,14). The number of carbonyl (C=O) groups is 1. The van der Waals surface area contributed by atoms with Gasteiger partial charge in [0.15, 0.2) is 0 Å². The number of hydrogen-bond donors (Lipinski definition) is 2. The quantitative estimate of drug-likeness (QED) is 0.758. The summed E-state index contributed by atoms with van der Waals surface area (Å²) < 4.78 is 0. The Bertz CT molecular complexity index is 374. The predicted octanol–water partition coefficient (Wildman–Crippen LogP) is 1.47. The van der Waals surface area contributed by atoms with Crippen molar-refractivity contribution < 1.29 is 9.90 Å². The third kappa shape index (κ3) is 2.13. The average Bonchev–Trinajstić information content (AvgIpc) is 2.56. The van der Waals surface area contributed by atoms with Crippen LogP contribution in [0.5, 0.6) is 0 Å². The zero-order valence-electron chi connectivity index (χ0n) is 8.00. The van der Waals surface area contributed by atoms with Gasteiger partial charge in [-0.1, -0.05) is 6.92 Å². The number of hydrogen-bond acceptors (Lipinski definition) is 2. The van der Waals surface area contributed by atoms with Crippen LogP contribution in [-0.4, -0.2) is 16.1 Å². The van der Waals surface area contributed by atoms with Crippen molar-refractivity contribution in [1.29, 1.82) is 5.26 Å². The maximum atomic E-state index is 10.4. The van der Waals surface area contributed by atoms with E-state index in [1.54, 1.807) is 6.20 Å². The van der Waals surface area contributed by atoms with Crippen LogP contribution in [0.25, 0.3) is 0 Å². The van der Waals surface area contributed by atoms with Crippen molar-refractivity contribution >= 4 is 5.97 Å². The fourth-order valence-electron chi connectivity index (χ4n) is 1.46. The molecular weight excluding hydrogens is 180 g/mol. The summed E-state index contributed by atoms with van der Waals surface area (Å²) in [5, 5.41) is 17.3. The summed E-state index contributed by atoms with van der Waals surface area (Å²) in [4.78, 5) is 13.2. The second kappa shape index (κ2) is 4.47. The Morgan fingerprint density at radius 2 is 2.43 bits per heavy atom. The minimum absolute atomic E-state index is 0.107. The van der Waals surface area contributed by atoms with E-state index in [2.05, 4.69) is 11.1 Å². The van der Waals surface area contributed by atoms with Gasteiger partial charge in [0.05, 0.1) is 0 Å². The molecule has 1 heterocycles. The van der Waals surface area contributed by atoms with Crippen molar-refractivity contribution in [3.8, 4) is 6.07 Å². The van der Waals surface area contributed by atoms with Crippen LogP contribution >= 0.6 is 0 Å². The lowest BCUT2D eigenvalue weighted by atomic mass is 10.0. The first-order chi connectivity index (χ1) is 6.69. The van der Waals surface area contributed by atoms with Crippen molar-refractivity contribution in [1.82, 2.24) is 4.98 Å². The maximum Gasteiger partial charge on any atom is 0.303 e. The van der Waals surface area contributed by atoms with Crippen molar-refractivity contribution in [3.05, 3.63) is 23.0 Å². The number of nitriles is 1. The Balaban J connectivity index is 2.82. The van der Waals surface area contributed by atoms with Crippen molar-refractivity contribution in [2.75, 3.05) is 0 Å². The normalized spacial score (nSPS) is 9.71. The zero-order chi connectivity index (χ0) is 10.6. The van der Waals surface area contributed by atoms with Gasteiger partial charge in [-0.25, -0.2) is 0 Å². The summed E-state index contributed by atoms with van der Waals surface area (Å²) in [6.45, 7) is 1.95. The minimum Gasteiger partial charge on any atom is -0.481 e. The van der Waals surface area contributed by atoms with E-state index in [4.69, 9.17) is 10.4 Å². The molecule has 2 N–H and O–H groups in total. The first-order valence-corrected chi connectivity index (χ1v) is 4.50. The number of nitrogens with zero attached hydrogens (tertiary/aromatic N) is 1. The van der Waals surface area contributed by atoms with Crippen LogP contribution in [0.15, 0.2) is 6.20 Å². The third-order valence-electron chi connectivity index (χ3n) is 2.15. The molecule has 4 nitrogen and oxygen atoms in total. The number of aromatic nitrogens is 1. The van der Waals surface area contributed by atoms with Crippen molar-refractivity contribution in [2.24, 2.45) is 0 Å². The Labute approximate surface area is 82.2 Å². The summed E-state index contributed by atoms with van der Waals surface area (Å²) >= 11 is 0. The Hall–Kier alpha value is -1.76. The van der Waals surface area contributed by atoms with Crippen LogP contribution in [0.2, 0.25) is 0 Å². The molecule has 0 radical (unpaired) electrons. The molecule has 74 valence electrons. The van der Waals surface area contributed by atoms with E-state index in [-0.39, 0.29) is 6.42 Å². The molecule has 0 amide bonds. The fourth-order valence-corrected chi connectivity index (χ4v) is 1.46. The molecule has 0 saturated carbocycles. The molecule has 0 aliphatic carbocycles. The van der Waals surface area contributed by atoms with Gasteiger partial charge in [-0.3, -0.25) is 4.79 Å². The topological polar surface area (TPSA) is 76.9 Å². The first-order valence-electron chi connectivity index (χ1n) is 4.50. The lowest BCUT2D eigenvalue weighted by molar-refractivity contribution is -0.136. The molecule has 0 fully saturated rings. The monoisotopic (exact) mass is 192 g/mol. The smallest absolute Gasteiger partial charge is 0.303 e. The molecule has 0 aliphatic heterocycles. The molecule has 0 aromatic carbocycles. The third-order valence-corrected chi connectivity index (χ3v) is 2.15. The van der Waals surface area contributed by atoms with Crippen molar-refractivity contribution in [3.63, 3.8) is 0 Å². The van der Waals surface area contributed by atoms with E-state index < -0.39 is 5.97 Å². The molecule has 14 heavy (non-hydrogen) atoms. The molecule has 0 unspecified atom stereocenters. The Morgan fingerprint density at radius 1 is 1.71 bits per heavy atom. The molecule has 0 bridgehead atoms. The van der Waals surface area contributed by atoms with Crippen LogP contribution in [0, 0.1) is 11.3 Å². The van der Waals surface area contributed by atoms with Gasteiger partial charge in [0, 0.05) is 12.6 Å². The van der Waals surface area contributed by atoms with Crippen LogP contribution in [0.3, 0.4) is 0 Å². The summed E-state index contributed by atoms with van der Waals surface area (Å²) in [6.07, 6.45) is 3.06. The predicted molar refractivity (Wildman–Crippen MR) is 50.8 cm³/mol. The molecule has 1 rings (SSSR count). The summed E-state index contributed by atoms with van der Waals surface area (Å²) in [5.74, 6) is -0.813. The highest BCUT2D eigenvalue weighted by Gasteiger charge is 2.09. The van der Waals surface area contributed by atoms with Crippen molar-refractivity contribution in [2.45, 2.75) is 26.2 Å². The second-order valence-electron chi connectivity index (χ2n) is 3.03. The molecule has 0 spiro atoms. The molecule has 1 aromatic heterocycles. The number of aryl methyl sites for hydroxylation is 1. The minimum atomic E-state index is -0.813. The molecule has 0 atom stereocenters. The van der Waals surface area contributed by atoms with Crippen LogP contribution < -0.4 is 0 Å². The number of aliphatic carboxylic acids is 1. The highest BCUT2D eigenvalue weighted by Crippen LogP contribution is 2.15. The maximum absolute atomic E-state index is 10.4. The van der Waals surface area contributed by atoms with Gasteiger partial charge in [-0.15, -0.1) is 0 Å². The van der Waals surface area contributed by atoms with Gasteiger partial charge in [-0.2, -0.15) is 5.26 Å². The van der Waals surface area contributed by atoms with Crippen LogP contribution in [0.1, 0.15) is 30.2 Å². The van der Waals surface area contributed by atoms with Crippen LogP contribution in [0.4, 0.5) is 0 Å². The van der Waals surface area contributed by atoms with E-state index >= 15 is 0 Å². The number of rotatable bonds is 4. The van der Waals surface area contributed by atoms with Gasteiger partial charge in [-0.05, 0) is 24.0 Å². The second-order valence-corrected chi connectivity index (χ2v) is 3.03. The fraction of sp³-hybridized carbons (Fsp3) is 0.400. The lowest BCUT2D eigenvalue weighted by Crippen LogP contribution is -1.98. The first kappa shape index (κ1) is 10.3. The number of H-pyrrole nitrogens is 1. The molecule has 0 saturated heterocycles. The Morgan fingerprint density at radius 3 is 2.93 bits per heavy atom. The Kier molecular flexibility index (Phi) is 3.29. The lowest BCUT2D eigenvalue weighted by Gasteiger charge is -1.98. The molecule has 1 aromatic rings. The number of carboxylic acid groups (broad SMARTS) is 1. The van der Waals surface area contributed by atoms with E-state index in [0.717, 1.165) is 17.5 Å². The van der Waals surface area contributed by atoms with Crippen LogP contribution in [-0.2, 0) is 17.6 Å². The molecule has 4 heteroatoms. The largest absolute Gasteiger partial charge is 0.481 e. The van der Waals surface area contributed by atoms with E-state index in [1.807, 2.05) is 6.92 Å². The van der Waals surface area contributed by atoms with Gasteiger partial charge in [0.1, 0.15) is 11.8 Å². The van der Waals surface area contributed by atoms with Gasteiger partial charge >= 0.3 is 5.97 Å². The van der Waals surface area contributed by atoms with Gasteiger partial charge in [0.25, 0.3) is 0 Å². The molecule has 0 aliphatic rings. The number of carboxylic acids is 1. The average molecular weight is 192 g/mol. The highest BCUT2D eigenvalue weighted by molar-refractivity contribution is 5.67. The van der Waals surface area contributed by atoms with E-state index in [0.29, 0.717) is 12.1 Å². The number of aromatic amines is 1. The molecular formula is C10H12N2O2. The number of nitrogens with one attached hydrogen (secondary N) is 1. The summed E-state index contributed by atoms with van der Waals surface area (Å²) in [5.41, 5.74) is 2.42. The van der Waals surface area contributed by atoms with Gasteiger partial charge in [0.2, 0.25) is 0 Å². The SMILES string of the molecule is CCc1c(CCC(=O)O)c[nH]c1C#N. The van der Waals surface area contributed by atoms with E-state index in [1.165, 1.54) is 0 Å². The van der Waals surface area contributed by atoms with Gasteiger partial charge < -0.3 is 10.1 Å². The summed E-state index contributed by atoms with van der Waals surface area (Å²) in [6, 6.07) is 2.05. The zero-order valence-corrected chi connectivity index (χ0v) is 8.00.